The van der Waals surface area contributed by atoms with E-state index in [1.165, 1.54) is 18.3 Å². The van der Waals surface area contributed by atoms with Gasteiger partial charge in [-0.05, 0) is 52.7 Å². The van der Waals surface area contributed by atoms with E-state index >= 15 is 0 Å². The molecular formula is C16H12BrN5O3. The molecule has 2 aromatic heterocycles. The molecule has 1 amide bonds. The van der Waals surface area contributed by atoms with Crippen LogP contribution in [-0.2, 0) is 0 Å². The van der Waals surface area contributed by atoms with Crippen LogP contribution in [0.1, 0.15) is 21.7 Å². The normalized spacial score (nSPS) is 11.1. The molecule has 0 aliphatic carbocycles. The van der Waals surface area contributed by atoms with Crippen LogP contribution in [0.3, 0.4) is 0 Å². The molecule has 1 N–H and O–H groups in total. The molecule has 1 aromatic carbocycles. The minimum absolute atomic E-state index is 0.00637. The first-order chi connectivity index (χ1) is 12.0. The number of nitro groups is 1. The number of rotatable bonds is 4. The molecule has 8 nitrogen and oxygen atoms in total. The molecule has 0 saturated carbocycles. The lowest BCUT2D eigenvalue weighted by Gasteiger charge is -2.02. The first-order valence-electron chi connectivity index (χ1n) is 7.18. The molecule has 0 spiro atoms. The highest BCUT2D eigenvalue weighted by Crippen LogP contribution is 2.16. The number of hydrogen-bond donors (Lipinski definition) is 1. The summed E-state index contributed by atoms with van der Waals surface area (Å²) in [6.45, 7) is 1.75. The van der Waals surface area contributed by atoms with Crippen molar-refractivity contribution >= 4 is 39.4 Å². The highest BCUT2D eigenvalue weighted by atomic mass is 79.9. The Labute approximate surface area is 150 Å². The van der Waals surface area contributed by atoms with Crippen LogP contribution in [0.15, 0.2) is 52.2 Å². The largest absolute Gasteiger partial charge is 0.294 e. The number of hydrazone groups is 1. The third kappa shape index (κ3) is 3.56. The van der Waals surface area contributed by atoms with Crippen molar-refractivity contribution in [2.24, 2.45) is 5.10 Å². The van der Waals surface area contributed by atoms with E-state index in [0.717, 1.165) is 4.47 Å². The van der Waals surface area contributed by atoms with E-state index < -0.39 is 10.8 Å². The van der Waals surface area contributed by atoms with Crippen molar-refractivity contribution in [1.82, 2.24) is 14.8 Å². The zero-order valence-electron chi connectivity index (χ0n) is 13.0. The second kappa shape index (κ2) is 6.81. The maximum atomic E-state index is 12.4. The molecule has 9 heteroatoms. The van der Waals surface area contributed by atoms with Crippen molar-refractivity contribution in [1.29, 1.82) is 0 Å². The lowest BCUT2D eigenvalue weighted by molar-refractivity contribution is -0.384. The molecule has 0 aliphatic heterocycles. The number of imidazole rings is 1. The Balaban J connectivity index is 1.77. The van der Waals surface area contributed by atoms with Gasteiger partial charge in [0.25, 0.3) is 11.6 Å². The smallest absolute Gasteiger partial charge is 0.290 e. The summed E-state index contributed by atoms with van der Waals surface area (Å²) in [5, 5.41) is 14.5. The maximum Gasteiger partial charge on any atom is 0.290 e. The van der Waals surface area contributed by atoms with Gasteiger partial charge in [-0.3, -0.25) is 19.3 Å². The van der Waals surface area contributed by atoms with Crippen LogP contribution in [0, 0.1) is 17.0 Å². The van der Waals surface area contributed by atoms with Gasteiger partial charge in [0.2, 0.25) is 0 Å². The Kier molecular flexibility index (Phi) is 4.57. The first-order valence-corrected chi connectivity index (χ1v) is 7.97. The second-order valence-electron chi connectivity index (χ2n) is 5.17. The van der Waals surface area contributed by atoms with Gasteiger partial charge in [0.05, 0.1) is 16.8 Å². The van der Waals surface area contributed by atoms with Crippen LogP contribution in [0.5, 0.6) is 0 Å². The van der Waals surface area contributed by atoms with E-state index in [4.69, 9.17) is 0 Å². The molecule has 0 fully saturated rings. The Morgan fingerprint density at radius 1 is 1.32 bits per heavy atom. The molecule has 25 heavy (non-hydrogen) atoms. The minimum Gasteiger partial charge on any atom is -0.294 e. The number of carbonyl (C=O) groups excluding carboxylic acids is 1. The third-order valence-corrected chi connectivity index (χ3v) is 3.92. The van der Waals surface area contributed by atoms with Crippen molar-refractivity contribution in [3.8, 4) is 0 Å². The molecule has 3 aromatic rings. The van der Waals surface area contributed by atoms with Crippen LogP contribution in [0.25, 0.3) is 5.65 Å². The average molecular weight is 402 g/mol. The number of nitrogens with one attached hydrogen (secondary N) is 1. The predicted octanol–water partition coefficient (Wildman–Crippen LogP) is 3.08. The Bertz CT molecular complexity index is 995. The summed E-state index contributed by atoms with van der Waals surface area (Å²) >= 11 is 3.37. The summed E-state index contributed by atoms with van der Waals surface area (Å²) in [4.78, 5) is 26.9. The van der Waals surface area contributed by atoms with Crippen molar-refractivity contribution in [2.45, 2.75) is 6.92 Å². The number of carbonyl (C=O) groups is 1. The highest BCUT2D eigenvalue weighted by Gasteiger charge is 2.16. The molecule has 126 valence electrons. The van der Waals surface area contributed by atoms with Gasteiger partial charge < -0.3 is 0 Å². The number of amides is 1. The van der Waals surface area contributed by atoms with E-state index in [9.17, 15) is 14.9 Å². The van der Waals surface area contributed by atoms with Gasteiger partial charge in [0.15, 0.2) is 0 Å². The summed E-state index contributed by atoms with van der Waals surface area (Å²) in [7, 11) is 0. The summed E-state index contributed by atoms with van der Waals surface area (Å²) in [6, 6.07) is 9.48. The number of nitrogens with zero attached hydrogens (tertiary/aromatic N) is 4. The van der Waals surface area contributed by atoms with E-state index in [-0.39, 0.29) is 5.69 Å². The van der Waals surface area contributed by atoms with Crippen molar-refractivity contribution in [3.05, 3.63) is 74.1 Å². The predicted molar refractivity (Wildman–Crippen MR) is 95.8 cm³/mol. The number of aryl methyl sites for hydroxylation is 1. The van der Waals surface area contributed by atoms with Crippen LogP contribution >= 0.6 is 15.9 Å². The number of aromatic nitrogens is 2. The number of pyridine rings is 1. The van der Waals surface area contributed by atoms with Gasteiger partial charge in [-0.1, -0.05) is 0 Å². The second-order valence-corrected chi connectivity index (χ2v) is 6.08. The Morgan fingerprint density at radius 2 is 2.04 bits per heavy atom. The van der Waals surface area contributed by atoms with Crippen LogP contribution in [-0.4, -0.2) is 26.4 Å². The molecule has 3 rings (SSSR count). The van der Waals surface area contributed by atoms with E-state index in [1.807, 2.05) is 6.07 Å². The number of hydrogen-bond acceptors (Lipinski definition) is 5. The minimum atomic E-state index is -0.478. The third-order valence-electron chi connectivity index (χ3n) is 3.46. The molecule has 0 unspecified atom stereocenters. The fraction of sp³-hybridized carbons (Fsp3) is 0.0625. The molecule has 0 atom stereocenters. The molecule has 2 heterocycles. The molecule has 0 radical (unpaired) electrons. The highest BCUT2D eigenvalue weighted by molar-refractivity contribution is 9.10. The van der Waals surface area contributed by atoms with Gasteiger partial charge in [0.1, 0.15) is 11.3 Å². The van der Waals surface area contributed by atoms with Crippen LogP contribution in [0.4, 0.5) is 5.69 Å². The number of halogens is 1. The fourth-order valence-corrected chi connectivity index (χ4v) is 2.65. The Hall–Kier alpha value is -3.07. The topological polar surface area (TPSA) is 102 Å². The fourth-order valence-electron chi connectivity index (χ4n) is 2.31. The van der Waals surface area contributed by atoms with E-state index in [1.54, 1.807) is 35.7 Å². The summed E-state index contributed by atoms with van der Waals surface area (Å²) < 4.78 is 2.50. The van der Waals surface area contributed by atoms with Crippen LogP contribution < -0.4 is 5.43 Å². The summed E-state index contributed by atoms with van der Waals surface area (Å²) in [5.74, 6) is -0.402. The molecule has 0 aliphatic rings. The lowest BCUT2D eigenvalue weighted by atomic mass is 10.2. The van der Waals surface area contributed by atoms with Gasteiger partial charge >= 0.3 is 0 Å². The van der Waals surface area contributed by atoms with Gasteiger partial charge in [-0.15, -0.1) is 0 Å². The van der Waals surface area contributed by atoms with Gasteiger partial charge in [-0.25, -0.2) is 10.4 Å². The van der Waals surface area contributed by atoms with Crippen molar-refractivity contribution in [3.63, 3.8) is 0 Å². The quantitative estimate of drug-likeness (QED) is 0.412. The average Bonchev–Trinajstić information content (AvgIpc) is 2.90. The molecule has 0 bridgehead atoms. The maximum absolute atomic E-state index is 12.4. The van der Waals surface area contributed by atoms with Crippen molar-refractivity contribution in [2.75, 3.05) is 0 Å². The number of benzene rings is 1. The standard InChI is InChI=1S/C16H12BrN5O3/c1-10-15(21-9-12(17)4-7-14(21)19-10)16(23)20-18-8-11-2-5-13(6-3-11)22(24)25/h2-9H,1H3,(H,20,23)/b18-8+. The molecular weight excluding hydrogens is 390 g/mol. The van der Waals surface area contributed by atoms with Crippen LogP contribution in [0.2, 0.25) is 0 Å². The number of fused-ring (bicyclic) bond motifs is 1. The first kappa shape index (κ1) is 16.8. The zero-order valence-corrected chi connectivity index (χ0v) is 14.6. The number of nitro benzene ring substituents is 1. The monoisotopic (exact) mass is 401 g/mol. The lowest BCUT2D eigenvalue weighted by Crippen LogP contribution is -2.20. The van der Waals surface area contributed by atoms with Gasteiger partial charge in [0, 0.05) is 22.8 Å². The summed E-state index contributed by atoms with van der Waals surface area (Å²) in [6.07, 6.45) is 3.17. The van der Waals surface area contributed by atoms with E-state index in [2.05, 4.69) is 31.4 Å². The zero-order chi connectivity index (χ0) is 18.0. The Morgan fingerprint density at radius 3 is 2.72 bits per heavy atom. The van der Waals surface area contributed by atoms with Crippen molar-refractivity contribution < 1.29 is 9.72 Å². The number of non-ortho nitro benzene ring substituents is 1. The molecule has 0 saturated heterocycles. The SMILES string of the molecule is Cc1nc2ccc(Br)cn2c1C(=O)N/N=C/c1ccc([N+](=O)[O-])cc1. The van der Waals surface area contributed by atoms with Gasteiger partial charge in [-0.2, -0.15) is 5.10 Å². The summed E-state index contributed by atoms with van der Waals surface area (Å²) in [5.41, 5.74) is 4.69. The van der Waals surface area contributed by atoms with E-state index in [0.29, 0.717) is 22.6 Å².